The van der Waals surface area contributed by atoms with E-state index in [2.05, 4.69) is 11.6 Å². The minimum Gasteiger partial charge on any atom is -0.497 e. The summed E-state index contributed by atoms with van der Waals surface area (Å²) in [4.78, 5) is 30.6. The molecule has 10 heteroatoms. The zero-order valence-electron chi connectivity index (χ0n) is 16.9. The van der Waals surface area contributed by atoms with E-state index >= 15 is 0 Å². The van der Waals surface area contributed by atoms with Crippen molar-refractivity contribution in [3.8, 4) is 5.75 Å². The molecule has 2 aromatic rings. The molecule has 1 aliphatic heterocycles. The number of carbonyl (C=O) groups is 2. The number of allylic oxidation sites excluding steroid dienone is 1. The number of ether oxygens (including phenoxy) is 1. The first-order chi connectivity index (χ1) is 14.3. The van der Waals surface area contributed by atoms with Crippen LogP contribution in [0.4, 0.5) is 0 Å². The fourth-order valence-corrected chi connectivity index (χ4v) is 5.56. The number of nitrogens with zero attached hydrogens (tertiary/aromatic N) is 3. The molecular formula is C20H25N3O5S2. The molecule has 0 unspecified atom stereocenters. The van der Waals surface area contributed by atoms with E-state index < -0.39 is 33.2 Å². The predicted octanol–water partition coefficient (Wildman–Crippen LogP) is 1.75. The van der Waals surface area contributed by atoms with Gasteiger partial charge in [0.15, 0.2) is 14.6 Å². The highest BCUT2D eigenvalue weighted by atomic mass is 32.2. The van der Waals surface area contributed by atoms with Crippen molar-refractivity contribution < 1.29 is 22.7 Å². The van der Waals surface area contributed by atoms with Crippen molar-refractivity contribution in [1.29, 1.82) is 0 Å². The van der Waals surface area contributed by atoms with Gasteiger partial charge in [-0.1, -0.05) is 17.4 Å². The van der Waals surface area contributed by atoms with Crippen molar-refractivity contribution in [2.45, 2.75) is 25.8 Å². The Morgan fingerprint density at radius 1 is 1.23 bits per heavy atom. The van der Waals surface area contributed by atoms with Gasteiger partial charge < -0.3 is 14.2 Å². The number of piperidine rings is 1. The highest BCUT2D eigenvalue weighted by Crippen LogP contribution is 2.23. The second-order valence-electron chi connectivity index (χ2n) is 7.10. The van der Waals surface area contributed by atoms with Gasteiger partial charge in [-0.3, -0.25) is 9.59 Å². The van der Waals surface area contributed by atoms with E-state index in [4.69, 9.17) is 4.74 Å². The molecule has 1 saturated heterocycles. The quantitative estimate of drug-likeness (QED) is 0.598. The third kappa shape index (κ3) is 5.37. The van der Waals surface area contributed by atoms with Crippen LogP contribution in [0.5, 0.6) is 5.75 Å². The van der Waals surface area contributed by atoms with Gasteiger partial charge in [-0.2, -0.15) is 4.99 Å². The second kappa shape index (κ2) is 9.57. The second-order valence-corrected chi connectivity index (χ2v) is 10.2. The fourth-order valence-electron chi connectivity index (χ4n) is 3.37. The maximum Gasteiger partial charge on any atom is 0.263 e. The third-order valence-electron chi connectivity index (χ3n) is 4.82. The Balaban J connectivity index is 1.81. The lowest BCUT2D eigenvalue weighted by molar-refractivity contribution is -0.129. The van der Waals surface area contributed by atoms with Crippen LogP contribution in [0.25, 0.3) is 10.2 Å². The number of fused-ring (bicyclic) bond motifs is 1. The van der Waals surface area contributed by atoms with Crippen molar-refractivity contribution in [3.63, 3.8) is 0 Å². The molecule has 0 spiro atoms. The van der Waals surface area contributed by atoms with Crippen molar-refractivity contribution in [2.75, 3.05) is 31.7 Å². The number of thiazole rings is 1. The SMILES string of the molecule is C=CCn1c(=NC(=O)CS(=O)(=O)CC(=O)N2CCCCC2)sc2cc(OC)ccc21. The summed E-state index contributed by atoms with van der Waals surface area (Å²) in [6.45, 7) is 5.28. The Morgan fingerprint density at radius 2 is 1.97 bits per heavy atom. The number of aromatic nitrogens is 1. The Labute approximate surface area is 179 Å². The topological polar surface area (TPSA) is 98.0 Å². The average molecular weight is 452 g/mol. The van der Waals surface area contributed by atoms with E-state index in [1.165, 1.54) is 11.3 Å². The normalized spacial score (nSPS) is 15.4. The summed E-state index contributed by atoms with van der Waals surface area (Å²) in [6.07, 6.45) is 4.47. The van der Waals surface area contributed by atoms with E-state index in [1.807, 2.05) is 12.1 Å². The minimum atomic E-state index is -3.89. The molecule has 1 aromatic carbocycles. The molecule has 0 bridgehead atoms. The third-order valence-corrected chi connectivity index (χ3v) is 7.23. The van der Waals surface area contributed by atoms with E-state index in [1.54, 1.807) is 28.7 Å². The number of hydrogen-bond acceptors (Lipinski definition) is 6. The molecule has 1 aromatic heterocycles. The van der Waals surface area contributed by atoms with Crippen molar-refractivity contribution in [1.82, 2.24) is 9.47 Å². The lowest BCUT2D eigenvalue weighted by Gasteiger charge is -2.26. The first kappa shape index (κ1) is 22.2. The van der Waals surface area contributed by atoms with Gasteiger partial charge in [-0.05, 0) is 37.5 Å². The standard InChI is InChI=1S/C20H25N3O5S2/c1-3-9-23-16-8-7-15(28-2)12-17(16)29-20(23)21-18(24)13-30(26,27)14-19(25)22-10-5-4-6-11-22/h3,7-8,12H,1,4-6,9-11,13-14H2,2H3. The molecule has 2 heterocycles. The van der Waals surface area contributed by atoms with Crippen LogP contribution in [0.15, 0.2) is 35.8 Å². The van der Waals surface area contributed by atoms with Crippen LogP contribution >= 0.6 is 11.3 Å². The van der Waals surface area contributed by atoms with Crippen molar-refractivity contribution in [2.24, 2.45) is 4.99 Å². The molecule has 8 nitrogen and oxygen atoms in total. The smallest absolute Gasteiger partial charge is 0.263 e. The van der Waals surface area contributed by atoms with Gasteiger partial charge in [-0.15, -0.1) is 6.58 Å². The Kier molecular flexibility index (Phi) is 7.09. The fraction of sp³-hybridized carbons (Fsp3) is 0.450. The molecule has 162 valence electrons. The Hall–Kier alpha value is -2.46. The van der Waals surface area contributed by atoms with Crippen LogP contribution in [0, 0.1) is 0 Å². The van der Waals surface area contributed by atoms with E-state index in [0.717, 1.165) is 29.5 Å². The summed E-state index contributed by atoms with van der Waals surface area (Å²) >= 11 is 1.26. The summed E-state index contributed by atoms with van der Waals surface area (Å²) in [5.41, 5.74) is 0.843. The number of sulfone groups is 1. The number of likely N-dealkylation sites (tertiary alicyclic amines) is 1. The van der Waals surface area contributed by atoms with Gasteiger partial charge in [0.1, 0.15) is 17.3 Å². The number of methoxy groups -OCH3 is 1. The summed E-state index contributed by atoms with van der Waals surface area (Å²) in [7, 11) is -2.33. The molecular weight excluding hydrogens is 426 g/mol. The molecule has 3 rings (SSSR count). The van der Waals surface area contributed by atoms with Crippen LogP contribution < -0.4 is 9.54 Å². The Morgan fingerprint density at radius 3 is 2.63 bits per heavy atom. The van der Waals surface area contributed by atoms with Gasteiger partial charge in [0.2, 0.25) is 5.91 Å². The van der Waals surface area contributed by atoms with Crippen molar-refractivity contribution in [3.05, 3.63) is 35.7 Å². The maximum absolute atomic E-state index is 12.4. The molecule has 30 heavy (non-hydrogen) atoms. The molecule has 0 saturated carbocycles. The molecule has 2 amide bonds. The molecule has 0 radical (unpaired) electrons. The zero-order valence-corrected chi connectivity index (χ0v) is 18.5. The van der Waals surface area contributed by atoms with Crippen LogP contribution in [-0.2, 0) is 26.0 Å². The van der Waals surface area contributed by atoms with Gasteiger partial charge in [-0.25, -0.2) is 8.42 Å². The Bertz CT molecular complexity index is 1130. The molecule has 1 aliphatic rings. The monoisotopic (exact) mass is 451 g/mol. The summed E-state index contributed by atoms with van der Waals surface area (Å²) in [5, 5.41) is 0. The largest absolute Gasteiger partial charge is 0.497 e. The average Bonchev–Trinajstić information content (AvgIpc) is 3.04. The molecule has 0 atom stereocenters. The lowest BCUT2D eigenvalue weighted by atomic mass is 10.1. The number of rotatable bonds is 7. The van der Waals surface area contributed by atoms with Gasteiger partial charge in [0.05, 0.1) is 17.3 Å². The number of hydrogen-bond donors (Lipinski definition) is 0. The zero-order chi connectivity index (χ0) is 21.7. The molecule has 0 aliphatic carbocycles. The van der Waals surface area contributed by atoms with Crippen LogP contribution in [0.1, 0.15) is 19.3 Å². The maximum atomic E-state index is 12.4. The van der Waals surface area contributed by atoms with Gasteiger partial charge in [0.25, 0.3) is 5.91 Å². The van der Waals surface area contributed by atoms with Gasteiger partial charge in [0, 0.05) is 19.6 Å². The molecule has 1 fully saturated rings. The number of carbonyl (C=O) groups excluding carboxylic acids is 2. The number of amides is 2. The molecule has 0 N–H and O–H groups in total. The number of benzene rings is 1. The van der Waals surface area contributed by atoms with Crippen LogP contribution in [0.3, 0.4) is 0 Å². The van der Waals surface area contributed by atoms with E-state index in [-0.39, 0.29) is 0 Å². The van der Waals surface area contributed by atoms with Gasteiger partial charge >= 0.3 is 0 Å². The first-order valence-electron chi connectivity index (χ1n) is 9.67. The lowest BCUT2D eigenvalue weighted by Crippen LogP contribution is -2.40. The predicted molar refractivity (Wildman–Crippen MR) is 116 cm³/mol. The minimum absolute atomic E-state index is 0.376. The first-order valence-corrected chi connectivity index (χ1v) is 12.3. The highest BCUT2D eigenvalue weighted by Gasteiger charge is 2.25. The summed E-state index contributed by atoms with van der Waals surface area (Å²) < 4.78 is 32.6. The van der Waals surface area contributed by atoms with Crippen molar-refractivity contribution >= 4 is 43.2 Å². The van der Waals surface area contributed by atoms with E-state index in [0.29, 0.717) is 30.2 Å². The van der Waals surface area contributed by atoms with Crippen LogP contribution in [0.2, 0.25) is 0 Å². The summed E-state index contributed by atoms with van der Waals surface area (Å²) in [6, 6.07) is 5.49. The van der Waals surface area contributed by atoms with Crippen LogP contribution in [-0.4, -0.2) is 61.4 Å². The summed E-state index contributed by atoms with van der Waals surface area (Å²) in [5.74, 6) is -2.02. The highest BCUT2D eigenvalue weighted by molar-refractivity contribution is 7.92. The van der Waals surface area contributed by atoms with E-state index in [9.17, 15) is 18.0 Å².